The minimum Gasteiger partial charge on any atom is -0.345 e. The lowest BCUT2D eigenvalue weighted by Crippen LogP contribution is -2.19. The zero-order valence-corrected chi connectivity index (χ0v) is 9.69. The Labute approximate surface area is 96.0 Å². The Balaban J connectivity index is 2.71. The van der Waals surface area contributed by atoms with Crippen molar-refractivity contribution in [2.75, 3.05) is 6.54 Å². The molecule has 0 aliphatic heterocycles. The van der Waals surface area contributed by atoms with Gasteiger partial charge in [-0.05, 0) is 34.1 Å². The second kappa shape index (κ2) is 5.52. The van der Waals surface area contributed by atoms with E-state index in [1.54, 1.807) is 6.07 Å². The zero-order chi connectivity index (χ0) is 11.3. The van der Waals surface area contributed by atoms with E-state index in [4.69, 9.17) is 0 Å². The van der Waals surface area contributed by atoms with Crippen molar-refractivity contribution in [3.8, 4) is 11.8 Å². The van der Waals surface area contributed by atoms with Gasteiger partial charge in [-0.25, -0.2) is 4.39 Å². The summed E-state index contributed by atoms with van der Waals surface area (Å²) >= 11 is 3.25. The Morgan fingerprint density at radius 3 is 3.00 bits per heavy atom. The molecule has 0 saturated heterocycles. The van der Waals surface area contributed by atoms with Crippen LogP contribution in [-0.2, 0) is 4.79 Å². The highest BCUT2D eigenvalue weighted by Crippen LogP contribution is 2.16. The predicted molar refractivity (Wildman–Crippen MR) is 59.7 cm³/mol. The molecule has 0 bridgehead atoms. The molecule has 15 heavy (non-hydrogen) atoms. The molecule has 1 aromatic carbocycles. The van der Waals surface area contributed by atoms with Crippen LogP contribution in [0.25, 0.3) is 0 Å². The first-order valence-electron chi connectivity index (χ1n) is 4.28. The molecule has 0 radical (unpaired) electrons. The molecule has 1 N–H and O–H groups in total. The van der Waals surface area contributed by atoms with Crippen LogP contribution in [0.1, 0.15) is 12.5 Å². The van der Waals surface area contributed by atoms with E-state index in [1.807, 2.05) is 0 Å². The molecular formula is C11H9BrFNO. The van der Waals surface area contributed by atoms with Crippen LogP contribution in [-0.4, -0.2) is 12.5 Å². The van der Waals surface area contributed by atoms with Crippen LogP contribution >= 0.6 is 15.9 Å². The van der Waals surface area contributed by atoms with Gasteiger partial charge in [-0.15, -0.1) is 0 Å². The van der Waals surface area contributed by atoms with Gasteiger partial charge in [-0.3, -0.25) is 4.79 Å². The summed E-state index contributed by atoms with van der Waals surface area (Å²) in [6.45, 7) is 1.68. The first-order chi connectivity index (χ1) is 7.09. The fourth-order valence-corrected chi connectivity index (χ4v) is 1.25. The van der Waals surface area contributed by atoms with Crippen LogP contribution in [0, 0.1) is 17.7 Å². The number of carbonyl (C=O) groups is 1. The maximum Gasteiger partial charge on any atom is 0.217 e. The molecule has 1 rings (SSSR count). The van der Waals surface area contributed by atoms with Crippen LogP contribution in [0.5, 0.6) is 0 Å². The monoisotopic (exact) mass is 269 g/mol. The van der Waals surface area contributed by atoms with E-state index in [-0.39, 0.29) is 18.3 Å². The minimum atomic E-state index is -0.331. The maximum atomic E-state index is 12.8. The molecule has 0 saturated carbocycles. The Morgan fingerprint density at radius 1 is 1.60 bits per heavy atom. The van der Waals surface area contributed by atoms with Gasteiger partial charge in [-0.1, -0.05) is 11.8 Å². The smallest absolute Gasteiger partial charge is 0.217 e. The van der Waals surface area contributed by atoms with Crippen molar-refractivity contribution in [3.05, 3.63) is 34.1 Å². The molecule has 0 fully saturated rings. The summed E-state index contributed by atoms with van der Waals surface area (Å²) in [4.78, 5) is 10.5. The van der Waals surface area contributed by atoms with E-state index in [0.29, 0.717) is 5.56 Å². The van der Waals surface area contributed by atoms with E-state index in [9.17, 15) is 9.18 Å². The first kappa shape index (κ1) is 11.7. The number of amides is 1. The SMILES string of the molecule is CC(=O)NCC#Cc1cc(F)ccc1Br. The highest BCUT2D eigenvalue weighted by Gasteiger charge is 1.97. The number of hydrogen-bond donors (Lipinski definition) is 1. The van der Waals surface area contributed by atoms with Gasteiger partial charge in [-0.2, -0.15) is 0 Å². The van der Waals surface area contributed by atoms with E-state index in [1.165, 1.54) is 19.1 Å². The normalized spacial score (nSPS) is 9.00. The molecule has 1 aromatic rings. The Bertz CT molecular complexity index is 434. The zero-order valence-electron chi connectivity index (χ0n) is 8.10. The van der Waals surface area contributed by atoms with Gasteiger partial charge in [0, 0.05) is 17.0 Å². The van der Waals surface area contributed by atoms with Gasteiger partial charge in [0.1, 0.15) is 5.82 Å². The quantitative estimate of drug-likeness (QED) is 0.778. The third kappa shape index (κ3) is 4.13. The molecule has 78 valence electrons. The fraction of sp³-hybridized carbons (Fsp3) is 0.182. The molecule has 0 atom stereocenters. The molecule has 0 aliphatic carbocycles. The van der Waals surface area contributed by atoms with Gasteiger partial charge >= 0.3 is 0 Å². The number of nitrogens with one attached hydrogen (secondary N) is 1. The maximum absolute atomic E-state index is 12.8. The summed E-state index contributed by atoms with van der Waals surface area (Å²) in [7, 11) is 0. The Morgan fingerprint density at radius 2 is 2.33 bits per heavy atom. The fourth-order valence-electron chi connectivity index (χ4n) is 0.901. The van der Waals surface area contributed by atoms with Crippen LogP contribution in [0.3, 0.4) is 0 Å². The number of rotatable bonds is 1. The first-order valence-corrected chi connectivity index (χ1v) is 5.07. The average molecular weight is 270 g/mol. The minimum absolute atomic E-state index is 0.136. The van der Waals surface area contributed by atoms with E-state index < -0.39 is 0 Å². The van der Waals surface area contributed by atoms with E-state index in [0.717, 1.165) is 4.47 Å². The molecule has 2 nitrogen and oxygen atoms in total. The van der Waals surface area contributed by atoms with Crippen LogP contribution in [0.4, 0.5) is 4.39 Å². The average Bonchev–Trinajstić information content (AvgIpc) is 2.17. The summed E-state index contributed by atoms with van der Waals surface area (Å²) in [5.41, 5.74) is 0.570. The van der Waals surface area contributed by atoms with Crippen LogP contribution in [0.2, 0.25) is 0 Å². The van der Waals surface area contributed by atoms with Gasteiger partial charge in [0.25, 0.3) is 0 Å². The van der Waals surface area contributed by atoms with Crippen molar-refractivity contribution in [1.29, 1.82) is 0 Å². The summed E-state index contributed by atoms with van der Waals surface area (Å²) in [6.07, 6.45) is 0. The van der Waals surface area contributed by atoms with Gasteiger partial charge in [0.15, 0.2) is 0 Å². The Hall–Kier alpha value is -1.34. The summed E-state index contributed by atoms with van der Waals surface area (Å²) in [5, 5.41) is 2.53. The van der Waals surface area contributed by atoms with Crippen molar-refractivity contribution >= 4 is 21.8 Å². The number of hydrogen-bond acceptors (Lipinski definition) is 1. The standard InChI is InChI=1S/C11H9BrFNO/c1-8(15)14-6-2-3-9-7-10(13)4-5-11(9)12/h4-5,7H,6H2,1H3,(H,14,15). The predicted octanol–water partition coefficient (Wildman–Crippen LogP) is 2.08. The van der Waals surface area contributed by atoms with Crippen LogP contribution in [0.15, 0.2) is 22.7 Å². The van der Waals surface area contributed by atoms with Gasteiger partial charge < -0.3 is 5.32 Å². The molecule has 0 unspecified atom stereocenters. The molecule has 0 spiro atoms. The molecular weight excluding hydrogens is 261 g/mol. The summed E-state index contributed by atoms with van der Waals surface area (Å²) in [6, 6.07) is 4.28. The Kier molecular flexibility index (Phi) is 4.32. The van der Waals surface area contributed by atoms with Gasteiger partial charge in [0.05, 0.1) is 6.54 Å². The highest BCUT2D eigenvalue weighted by atomic mass is 79.9. The van der Waals surface area contributed by atoms with Crippen LogP contribution < -0.4 is 5.32 Å². The highest BCUT2D eigenvalue weighted by molar-refractivity contribution is 9.10. The van der Waals surface area contributed by atoms with Gasteiger partial charge in [0.2, 0.25) is 5.91 Å². The summed E-state index contributed by atoms with van der Waals surface area (Å²) in [5.74, 6) is 5.01. The van der Waals surface area contributed by atoms with E-state index in [2.05, 4.69) is 33.1 Å². The third-order valence-electron chi connectivity index (χ3n) is 1.58. The molecule has 4 heteroatoms. The van der Waals surface area contributed by atoms with Crippen molar-refractivity contribution in [2.45, 2.75) is 6.92 Å². The lowest BCUT2D eigenvalue weighted by molar-refractivity contribution is -0.118. The van der Waals surface area contributed by atoms with Crippen molar-refractivity contribution in [3.63, 3.8) is 0 Å². The van der Waals surface area contributed by atoms with E-state index >= 15 is 0 Å². The molecule has 0 aliphatic rings. The largest absolute Gasteiger partial charge is 0.345 e. The van der Waals surface area contributed by atoms with Crippen molar-refractivity contribution in [1.82, 2.24) is 5.32 Å². The lowest BCUT2D eigenvalue weighted by Gasteiger charge is -1.95. The van der Waals surface area contributed by atoms with Crippen molar-refractivity contribution < 1.29 is 9.18 Å². The molecule has 0 aromatic heterocycles. The third-order valence-corrected chi connectivity index (χ3v) is 2.27. The number of halogens is 2. The number of carbonyl (C=O) groups excluding carboxylic acids is 1. The number of benzene rings is 1. The molecule has 1 amide bonds. The second-order valence-electron chi connectivity index (χ2n) is 2.84. The lowest BCUT2D eigenvalue weighted by atomic mass is 10.2. The second-order valence-corrected chi connectivity index (χ2v) is 3.69. The summed E-state index contributed by atoms with van der Waals surface area (Å²) < 4.78 is 13.6. The topological polar surface area (TPSA) is 29.1 Å². The van der Waals surface area contributed by atoms with Crippen molar-refractivity contribution in [2.24, 2.45) is 0 Å². The molecule has 0 heterocycles.